The van der Waals surface area contributed by atoms with Gasteiger partial charge in [0, 0.05) is 17.8 Å². The molecule has 1 radical (unpaired) electrons. The van der Waals surface area contributed by atoms with E-state index in [1.54, 1.807) is 6.08 Å². The number of unbranched alkanes of at least 4 members (excludes halogenated alkanes) is 5. The first-order valence-electron chi connectivity index (χ1n) is 9.25. The van der Waals surface area contributed by atoms with E-state index in [2.05, 4.69) is 13.0 Å². The summed E-state index contributed by atoms with van der Waals surface area (Å²) >= 11 is 0. The van der Waals surface area contributed by atoms with Crippen LogP contribution in [0.5, 0.6) is 0 Å². The van der Waals surface area contributed by atoms with E-state index in [0.29, 0.717) is 12.8 Å². The lowest BCUT2D eigenvalue weighted by molar-refractivity contribution is -0.533. The quantitative estimate of drug-likeness (QED) is 0.189. The van der Waals surface area contributed by atoms with Gasteiger partial charge >= 0.3 is 0 Å². The van der Waals surface area contributed by atoms with Crippen molar-refractivity contribution in [2.24, 2.45) is 0 Å². The maximum atomic E-state index is 11.1. The smallest absolute Gasteiger partial charge is 0.242 e. The second kappa shape index (κ2) is 17.1. The molecular formula is C20H32NO4. The molecule has 0 rings (SSSR count). The van der Waals surface area contributed by atoms with E-state index in [9.17, 15) is 20.0 Å². The highest BCUT2D eigenvalue weighted by atomic mass is 16.6. The molecule has 141 valence electrons. The summed E-state index contributed by atoms with van der Waals surface area (Å²) in [4.78, 5) is 20.8. The monoisotopic (exact) mass is 350 g/mol. The van der Waals surface area contributed by atoms with Crippen molar-refractivity contribution in [3.63, 3.8) is 0 Å². The standard InChI is InChI=1S/C20H32NO4/c1-2-3-4-5-10-13-16-19(21(24)25)20(23)17-14-11-8-6-7-9-12-15-18-22/h3-4,10-11,13-14,19-20,23H,2,5-9,12,15-17H2,1H3/b4-3-,13-10-,14-11-. The third kappa shape index (κ3) is 14.3. The Kier molecular flexibility index (Phi) is 15.9. The zero-order valence-electron chi connectivity index (χ0n) is 15.3. The van der Waals surface area contributed by atoms with E-state index >= 15 is 0 Å². The number of rotatable bonds is 16. The Morgan fingerprint density at radius 1 is 1.00 bits per heavy atom. The Labute approximate surface area is 151 Å². The molecule has 0 heterocycles. The summed E-state index contributed by atoms with van der Waals surface area (Å²) < 4.78 is 0. The lowest BCUT2D eigenvalue weighted by atomic mass is 10.0. The number of hydrogen-bond donors (Lipinski definition) is 1. The van der Waals surface area contributed by atoms with Gasteiger partial charge in [0.25, 0.3) is 0 Å². The Morgan fingerprint density at radius 3 is 2.36 bits per heavy atom. The summed E-state index contributed by atoms with van der Waals surface area (Å²) in [7, 11) is 0. The van der Waals surface area contributed by atoms with Crippen molar-refractivity contribution in [1.82, 2.24) is 0 Å². The van der Waals surface area contributed by atoms with Crippen molar-refractivity contribution in [2.75, 3.05) is 0 Å². The van der Waals surface area contributed by atoms with Gasteiger partial charge in [0.05, 0.1) is 0 Å². The molecule has 0 aromatic heterocycles. The predicted octanol–water partition coefficient (Wildman–Crippen LogP) is 4.69. The van der Waals surface area contributed by atoms with Gasteiger partial charge in [-0.15, -0.1) is 0 Å². The van der Waals surface area contributed by atoms with Crippen LogP contribution in [0.2, 0.25) is 0 Å². The molecule has 5 nitrogen and oxygen atoms in total. The molecule has 0 aromatic rings. The average Bonchev–Trinajstić information content (AvgIpc) is 2.59. The van der Waals surface area contributed by atoms with Crippen LogP contribution in [-0.2, 0) is 4.79 Å². The SMILES string of the molecule is CC/C=C\C/C=C\CC(C(O)C/C=C\CCCCCC[C]=O)[N+](=O)[O-]. The summed E-state index contributed by atoms with van der Waals surface area (Å²) in [5.74, 6) is 0. The summed E-state index contributed by atoms with van der Waals surface area (Å²) in [5, 5.41) is 21.2. The molecule has 1 N–H and O–H groups in total. The Bertz CT molecular complexity index is 429. The largest absolute Gasteiger partial charge is 0.386 e. The number of nitro groups is 1. The Hall–Kier alpha value is -1.75. The number of hydrogen-bond acceptors (Lipinski definition) is 4. The van der Waals surface area contributed by atoms with E-state index in [4.69, 9.17) is 0 Å². The molecule has 0 aliphatic heterocycles. The molecule has 0 aliphatic rings. The first-order chi connectivity index (χ1) is 12.1. The molecule has 25 heavy (non-hydrogen) atoms. The fourth-order valence-corrected chi connectivity index (χ4v) is 2.38. The maximum Gasteiger partial charge on any atom is 0.242 e. The molecule has 0 saturated carbocycles. The average molecular weight is 350 g/mol. The normalized spacial score (nSPS) is 14.5. The van der Waals surface area contributed by atoms with Crippen LogP contribution in [-0.4, -0.2) is 28.5 Å². The summed E-state index contributed by atoms with van der Waals surface area (Å²) in [6, 6.07) is -0.962. The third-order valence-electron chi connectivity index (χ3n) is 3.88. The fraction of sp³-hybridized carbons (Fsp3) is 0.650. The first-order valence-corrected chi connectivity index (χ1v) is 9.25. The van der Waals surface area contributed by atoms with Crippen molar-refractivity contribution in [3.8, 4) is 0 Å². The van der Waals surface area contributed by atoms with E-state index in [0.717, 1.165) is 44.9 Å². The lowest BCUT2D eigenvalue weighted by Crippen LogP contribution is -2.32. The van der Waals surface area contributed by atoms with Gasteiger partial charge in [-0.25, -0.2) is 0 Å². The van der Waals surface area contributed by atoms with Gasteiger partial charge < -0.3 is 5.11 Å². The molecule has 2 atom stereocenters. The van der Waals surface area contributed by atoms with Crippen molar-refractivity contribution < 1.29 is 14.8 Å². The number of nitrogens with zero attached hydrogens (tertiary/aromatic N) is 1. The van der Waals surface area contributed by atoms with Crippen molar-refractivity contribution in [3.05, 3.63) is 46.6 Å². The van der Waals surface area contributed by atoms with Crippen LogP contribution >= 0.6 is 0 Å². The molecule has 5 heteroatoms. The van der Waals surface area contributed by atoms with Crippen LogP contribution in [0, 0.1) is 10.1 Å². The van der Waals surface area contributed by atoms with Crippen molar-refractivity contribution in [1.29, 1.82) is 0 Å². The van der Waals surface area contributed by atoms with Gasteiger partial charge in [0.15, 0.2) is 6.29 Å². The first kappa shape index (κ1) is 23.2. The van der Waals surface area contributed by atoms with Crippen LogP contribution in [0.25, 0.3) is 0 Å². The maximum absolute atomic E-state index is 11.1. The van der Waals surface area contributed by atoms with E-state index in [1.807, 2.05) is 30.6 Å². The van der Waals surface area contributed by atoms with Gasteiger partial charge in [-0.2, -0.15) is 0 Å². The summed E-state index contributed by atoms with van der Waals surface area (Å²) in [6.07, 6.45) is 20.1. The van der Waals surface area contributed by atoms with Gasteiger partial charge in [-0.05, 0) is 38.5 Å². The molecule has 2 unspecified atom stereocenters. The van der Waals surface area contributed by atoms with Gasteiger partial charge in [0.1, 0.15) is 6.10 Å². The Morgan fingerprint density at radius 2 is 1.68 bits per heavy atom. The fourth-order valence-electron chi connectivity index (χ4n) is 2.38. The lowest BCUT2D eigenvalue weighted by Gasteiger charge is -2.12. The third-order valence-corrected chi connectivity index (χ3v) is 3.88. The zero-order valence-corrected chi connectivity index (χ0v) is 15.3. The molecule has 0 fully saturated rings. The van der Waals surface area contributed by atoms with Crippen LogP contribution < -0.4 is 0 Å². The summed E-state index contributed by atoms with van der Waals surface area (Å²) in [6.45, 7) is 2.05. The van der Waals surface area contributed by atoms with E-state index < -0.39 is 17.1 Å². The van der Waals surface area contributed by atoms with Gasteiger partial charge in [-0.3, -0.25) is 14.9 Å². The number of allylic oxidation sites excluding steroid dienone is 4. The second-order valence-corrected chi connectivity index (χ2v) is 6.05. The number of aliphatic hydroxyl groups is 1. The van der Waals surface area contributed by atoms with Crippen molar-refractivity contribution >= 4 is 6.29 Å². The van der Waals surface area contributed by atoms with Crippen LogP contribution in [0.3, 0.4) is 0 Å². The van der Waals surface area contributed by atoms with Gasteiger partial charge in [0.2, 0.25) is 6.04 Å². The number of aliphatic hydroxyl groups excluding tert-OH is 1. The van der Waals surface area contributed by atoms with Gasteiger partial charge in [-0.1, -0.05) is 56.2 Å². The highest BCUT2D eigenvalue weighted by Gasteiger charge is 2.27. The molecule has 0 spiro atoms. The summed E-state index contributed by atoms with van der Waals surface area (Å²) in [5.41, 5.74) is 0. The molecule has 0 amide bonds. The topological polar surface area (TPSA) is 80.4 Å². The van der Waals surface area contributed by atoms with Crippen LogP contribution in [0.4, 0.5) is 0 Å². The molecule has 0 bridgehead atoms. The molecule has 0 aromatic carbocycles. The highest BCUT2D eigenvalue weighted by Crippen LogP contribution is 2.11. The van der Waals surface area contributed by atoms with E-state index in [-0.39, 0.29) is 6.42 Å². The predicted molar refractivity (Wildman–Crippen MR) is 102 cm³/mol. The minimum Gasteiger partial charge on any atom is -0.386 e. The second-order valence-electron chi connectivity index (χ2n) is 6.05. The minimum absolute atomic E-state index is 0.246. The van der Waals surface area contributed by atoms with Crippen molar-refractivity contribution in [2.45, 2.75) is 83.3 Å². The zero-order chi connectivity index (χ0) is 18.8. The highest BCUT2D eigenvalue weighted by molar-refractivity contribution is 5.50. The molecule has 0 aliphatic carbocycles. The Balaban J connectivity index is 4.01. The van der Waals surface area contributed by atoms with E-state index in [1.165, 1.54) is 0 Å². The number of carbonyl (C=O) groups excluding carboxylic acids is 1. The molecule has 0 saturated heterocycles. The van der Waals surface area contributed by atoms with Crippen LogP contribution in [0.1, 0.15) is 71.1 Å². The minimum atomic E-state index is -0.967. The van der Waals surface area contributed by atoms with Crippen LogP contribution in [0.15, 0.2) is 36.5 Å². The molecular weight excluding hydrogens is 318 g/mol.